The molecule has 0 bridgehead atoms. The van der Waals surface area contributed by atoms with Gasteiger partial charge < -0.3 is 25.8 Å². The standard InChI is InChI=1S/C17H29N3O3/c1-4-5-10-18-17(22)20-14-6-8-16(9-7-14)23-12-15(21)11-19-13(2)3/h6-9,13,15,19,21H,4-5,10-12H2,1-3H3,(H2,18,20,22)/t15-/m1/s1. The second kappa shape index (κ2) is 10.9. The molecule has 0 fully saturated rings. The zero-order valence-corrected chi connectivity index (χ0v) is 14.3. The molecule has 1 aromatic rings. The fourth-order valence-electron chi connectivity index (χ4n) is 1.81. The third kappa shape index (κ3) is 9.05. The maximum absolute atomic E-state index is 11.6. The van der Waals surface area contributed by atoms with Crippen LogP contribution in [0, 0.1) is 0 Å². The van der Waals surface area contributed by atoms with E-state index in [1.54, 1.807) is 24.3 Å². The van der Waals surface area contributed by atoms with Crippen LogP contribution in [0.3, 0.4) is 0 Å². The molecule has 0 radical (unpaired) electrons. The number of hydrogen-bond donors (Lipinski definition) is 4. The van der Waals surface area contributed by atoms with E-state index in [4.69, 9.17) is 4.74 Å². The number of rotatable bonds is 10. The second-order valence-corrected chi connectivity index (χ2v) is 5.79. The summed E-state index contributed by atoms with van der Waals surface area (Å²) < 4.78 is 5.52. The summed E-state index contributed by atoms with van der Waals surface area (Å²) >= 11 is 0. The Bertz CT molecular complexity index is 449. The van der Waals surface area contributed by atoms with Gasteiger partial charge in [-0.1, -0.05) is 27.2 Å². The Morgan fingerprint density at radius 1 is 1.26 bits per heavy atom. The van der Waals surface area contributed by atoms with Crippen LogP contribution >= 0.6 is 0 Å². The van der Waals surface area contributed by atoms with Crippen molar-refractivity contribution in [2.75, 3.05) is 25.0 Å². The Morgan fingerprint density at radius 3 is 2.57 bits per heavy atom. The first-order valence-electron chi connectivity index (χ1n) is 8.20. The molecule has 0 heterocycles. The number of aliphatic hydroxyl groups is 1. The predicted molar refractivity (Wildman–Crippen MR) is 93.0 cm³/mol. The number of carbonyl (C=O) groups excluding carboxylic acids is 1. The molecule has 0 aliphatic heterocycles. The van der Waals surface area contributed by atoms with E-state index in [1.165, 1.54) is 0 Å². The van der Waals surface area contributed by atoms with Gasteiger partial charge in [0.05, 0.1) is 0 Å². The van der Waals surface area contributed by atoms with Crippen molar-refractivity contribution < 1.29 is 14.6 Å². The van der Waals surface area contributed by atoms with Gasteiger partial charge >= 0.3 is 6.03 Å². The minimum Gasteiger partial charge on any atom is -0.491 e. The van der Waals surface area contributed by atoms with E-state index in [-0.39, 0.29) is 12.6 Å². The molecule has 4 N–H and O–H groups in total. The number of anilines is 1. The number of nitrogens with one attached hydrogen (secondary N) is 3. The number of hydrogen-bond acceptors (Lipinski definition) is 4. The third-order valence-electron chi connectivity index (χ3n) is 3.13. The molecule has 130 valence electrons. The number of unbranched alkanes of at least 4 members (excludes halogenated alkanes) is 1. The number of amides is 2. The Labute approximate surface area is 138 Å². The molecule has 0 saturated carbocycles. The normalized spacial score (nSPS) is 12.0. The molecular weight excluding hydrogens is 294 g/mol. The minimum atomic E-state index is -0.556. The molecule has 0 saturated heterocycles. The quantitative estimate of drug-likeness (QED) is 0.498. The van der Waals surface area contributed by atoms with Crippen molar-refractivity contribution in [1.29, 1.82) is 0 Å². The predicted octanol–water partition coefficient (Wildman–Crippen LogP) is 2.35. The Kier molecular flexibility index (Phi) is 9.09. The van der Waals surface area contributed by atoms with E-state index >= 15 is 0 Å². The van der Waals surface area contributed by atoms with Gasteiger partial charge in [0.15, 0.2) is 0 Å². The number of carbonyl (C=O) groups is 1. The molecule has 1 aromatic carbocycles. The Morgan fingerprint density at radius 2 is 1.96 bits per heavy atom. The lowest BCUT2D eigenvalue weighted by molar-refractivity contribution is 0.104. The second-order valence-electron chi connectivity index (χ2n) is 5.79. The molecule has 23 heavy (non-hydrogen) atoms. The van der Waals surface area contributed by atoms with Gasteiger partial charge in [-0.3, -0.25) is 0 Å². The van der Waals surface area contributed by atoms with E-state index in [9.17, 15) is 9.90 Å². The van der Waals surface area contributed by atoms with Crippen molar-refractivity contribution in [1.82, 2.24) is 10.6 Å². The fourth-order valence-corrected chi connectivity index (χ4v) is 1.81. The van der Waals surface area contributed by atoms with E-state index in [1.807, 2.05) is 13.8 Å². The van der Waals surface area contributed by atoms with Gasteiger partial charge in [-0.25, -0.2) is 4.79 Å². The summed E-state index contributed by atoms with van der Waals surface area (Å²) in [4.78, 5) is 11.6. The van der Waals surface area contributed by atoms with Crippen LogP contribution in [0.4, 0.5) is 10.5 Å². The molecule has 0 unspecified atom stereocenters. The lowest BCUT2D eigenvalue weighted by Crippen LogP contribution is -2.35. The highest BCUT2D eigenvalue weighted by Gasteiger charge is 2.06. The van der Waals surface area contributed by atoms with Crippen LogP contribution in [-0.2, 0) is 0 Å². The van der Waals surface area contributed by atoms with Crippen molar-refractivity contribution in [3.63, 3.8) is 0 Å². The lowest BCUT2D eigenvalue weighted by Gasteiger charge is -2.15. The van der Waals surface area contributed by atoms with Crippen molar-refractivity contribution in [2.45, 2.75) is 45.8 Å². The first-order valence-corrected chi connectivity index (χ1v) is 8.20. The van der Waals surface area contributed by atoms with Gasteiger partial charge in [-0.2, -0.15) is 0 Å². The Balaban J connectivity index is 2.31. The summed E-state index contributed by atoms with van der Waals surface area (Å²) in [6.07, 6.45) is 1.46. The minimum absolute atomic E-state index is 0.206. The molecule has 0 aliphatic rings. The van der Waals surface area contributed by atoms with Crippen LogP contribution < -0.4 is 20.7 Å². The highest BCUT2D eigenvalue weighted by Crippen LogP contribution is 2.15. The highest BCUT2D eigenvalue weighted by atomic mass is 16.5. The van der Waals surface area contributed by atoms with Crippen molar-refractivity contribution in [3.8, 4) is 5.75 Å². The molecule has 0 spiro atoms. The molecule has 1 atom stereocenters. The number of aliphatic hydroxyl groups excluding tert-OH is 1. The number of urea groups is 1. The summed E-state index contributed by atoms with van der Waals surface area (Å²) in [5.41, 5.74) is 0.702. The summed E-state index contributed by atoms with van der Waals surface area (Å²) in [5.74, 6) is 0.658. The average Bonchev–Trinajstić information content (AvgIpc) is 2.52. The van der Waals surface area contributed by atoms with E-state index in [2.05, 4.69) is 22.9 Å². The smallest absolute Gasteiger partial charge is 0.319 e. The Hall–Kier alpha value is -1.79. The van der Waals surface area contributed by atoms with Crippen LogP contribution in [0.25, 0.3) is 0 Å². The van der Waals surface area contributed by atoms with Gasteiger partial charge in [-0.05, 0) is 30.7 Å². The monoisotopic (exact) mass is 323 g/mol. The summed E-state index contributed by atoms with van der Waals surface area (Å²) in [5, 5.41) is 18.5. The fraction of sp³-hybridized carbons (Fsp3) is 0.588. The van der Waals surface area contributed by atoms with Crippen molar-refractivity contribution in [2.24, 2.45) is 0 Å². The maximum Gasteiger partial charge on any atom is 0.319 e. The number of ether oxygens (including phenoxy) is 1. The first-order chi connectivity index (χ1) is 11.0. The third-order valence-corrected chi connectivity index (χ3v) is 3.13. The summed E-state index contributed by atoms with van der Waals surface area (Å²) in [6, 6.07) is 7.20. The van der Waals surface area contributed by atoms with Gasteiger partial charge in [0, 0.05) is 24.8 Å². The molecule has 2 amide bonds. The van der Waals surface area contributed by atoms with Crippen molar-refractivity contribution in [3.05, 3.63) is 24.3 Å². The zero-order valence-electron chi connectivity index (χ0n) is 14.3. The highest BCUT2D eigenvalue weighted by molar-refractivity contribution is 5.89. The molecule has 0 aromatic heterocycles. The van der Waals surface area contributed by atoms with E-state index in [0.717, 1.165) is 12.8 Å². The SMILES string of the molecule is CCCCNC(=O)Nc1ccc(OC[C@H](O)CNC(C)C)cc1. The molecule has 6 nitrogen and oxygen atoms in total. The van der Waals surface area contributed by atoms with Gasteiger partial charge in [0.25, 0.3) is 0 Å². The van der Waals surface area contributed by atoms with Gasteiger partial charge in [0.1, 0.15) is 18.5 Å². The number of benzene rings is 1. The van der Waals surface area contributed by atoms with Gasteiger partial charge in [0.2, 0.25) is 0 Å². The van der Waals surface area contributed by atoms with Crippen LogP contribution in [0.2, 0.25) is 0 Å². The topological polar surface area (TPSA) is 82.6 Å². The largest absolute Gasteiger partial charge is 0.491 e. The summed E-state index contributed by atoms with van der Waals surface area (Å²) in [7, 11) is 0. The van der Waals surface area contributed by atoms with Crippen LogP contribution in [0.5, 0.6) is 5.75 Å². The van der Waals surface area contributed by atoms with Gasteiger partial charge in [-0.15, -0.1) is 0 Å². The molecule has 1 rings (SSSR count). The average molecular weight is 323 g/mol. The van der Waals surface area contributed by atoms with Crippen molar-refractivity contribution >= 4 is 11.7 Å². The zero-order chi connectivity index (χ0) is 17.1. The van der Waals surface area contributed by atoms with Crippen LogP contribution in [-0.4, -0.2) is 43.0 Å². The molecular formula is C17H29N3O3. The molecule has 6 heteroatoms. The van der Waals surface area contributed by atoms with Crippen LogP contribution in [0.15, 0.2) is 24.3 Å². The summed E-state index contributed by atoms with van der Waals surface area (Å²) in [6.45, 7) is 7.52. The first kappa shape index (κ1) is 19.3. The lowest BCUT2D eigenvalue weighted by atomic mass is 10.3. The maximum atomic E-state index is 11.6. The van der Waals surface area contributed by atoms with E-state index in [0.29, 0.717) is 30.6 Å². The van der Waals surface area contributed by atoms with Crippen LogP contribution in [0.1, 0.15) is 33.6 Å². The van der Waals surface area contributed by atoms with E-state index < -0.39 is 6.10 Å². The molecule has 0 aliphatic carbocycles.